The molecule has 1 fully saturated rings. The monoisotopic (exact) mass is 376 g/mol. The maximum atomic E-state index is 12.8. The van der Waals surface area contributed by atoms with Crippen LogP contribution in [0.4, 0.5) is 24.5 Å². The third kappa shape index (κ3) is 4.13. The van der Waals surface area contributed by atoms with E-state index in [4.69, 9.17) is 0 Å². The topological polar surface area (TPSA) is 58.2 Å². The van der Waals surface area contributed by atoms with E-state index < -0.39 is 29.0 Å². The van der Waals surface area contributed by atoms with Gasteiger partial charge in [-0.25, -0.2) is 0 Å². The number of nitrogens with one attached hydrogen (secondary N) is 2. The summed E-state index contributed by atoms with van der Waals surface area (Å²) in [5, 5.41) is 5.16. The van der Waals surface area contributed by atoms with E-state index in [1.165, 1.54) is 12.1 Å². The van der Waals surface area contributed by atoms with Gasteiger partial charge < -0.3 is 10.6 Å². The average Bonchev–Trinajstić information content (AvgIpc) is 3.44. The summed E-state index contributed by atoms with van der Waals surface area (Å²) in [6.45, 7) is 2.02. The number of amides is 2. The summed E-state index contributed by atoms with van der Waals surface area (Å²) in [7, 11) is 0. The van der Waals surface area contributed by atoms with Crippen LogP contribution >= 0.6 is 0 Å². The van der Waals surface area contributed by atoms with Crippen LogP contribution in [0.3, 0.4) is 0 Å². The third-order valence-electron chi connectivity index (χ3n) is 4.69. The van der Waals surface area contributed by atoms with Gasteiger partial charge in [0.05, 0.1) is 5.56 Å². The number of anilines is 2. The predicted molar refractivity (Wildman–Crippen MR) is 96.2 cm³/mol. The highest BCUT2D eigenvalue weighted by molar-refractivity contribution is 6.16. The Balaban J connectivity index is 1.69. The molecule has 1 saturated carbocycles. The van der Waals surface area contributed by atoms with Gasteiger partial charge in [0.1, 0.15) is 5.41 Å². The van der Waals surface area contributed by atoms with Crippen molar-refractivity contribution in [3.63, 3.8) is 0 Å². The number of benzene rings is 2. The van der Waals surface area contributed by atoms with Crippen LogP contribution in [0.2, 0.25) is 0 Å². The Morgan fingerprint density at radius 1 is 0.963 bits per heavy atom. The lowest BCUT2D eigenvalue weighted by Crippen LogP contribution is -2.35. The minimum Gasteiger partial charge on any atom is -0.325 e. The predicted octanol–water partition coefficient (Wildman–Crippen LogP) is 4.63. The molecule has 0 spiro atoms. The van der Waals surface area contributed by atoms with Crippen molar-refractivity contribution in [1.29, 1.82) is 0 Å². The first kappa shape index (κ1) is 18.9. The smallest absolute Gasteiger partial charge is 0.325 e. The molecule has 7 heteroatoms. The Kier molecular flexibility index (Phi) is 4.95. The molecule has 0 aromatic heterocycles. The Labute approximate surface area is 154 Å². The molecule has 2 aromatic rings. The van der Waals surface area contributed by atoms with Gasteiger partial charge >= 0.3 is 6.18 Å². The summed E-state index contributed by atoms with van der Waals surface area (Å²) in [6, 6.07) is 11.7. The largest absolute Gasteiger partial charge is 0.416 e. The molecule has 0 heterocycles. The lowest BCUT2D eigenvalue weighted by atomic mass is 10.0. The molecule has 0 aliphatic heterocycles. The zero-order chi connectivity index (χ0) is 19.7. The molecule has 2 amide bonds. The summed E-state index contributed by atoms with van der Waals surface area (Å²) in [5.74, 6) is -1.04. The molecule has 3 rings (SSSR count). The highest BCUT2D eigenvalue weighted by Gasteiger charge is 2.56. The summed E-state index contributed by atoms with van der Waals surface area (Å²) < 4.78 is 38.4. The van der Waals surface area contributed by atoms with Crippen LogP contribution in [0.1, 0.15) is 30.9 Å². The maximum Gasteiger partial charge on any atom is 0.416 e. The zero-order valence-corrected chi connectivity index (χ0v) is 14.7. The van der Waals surface area contributed by atoms with Crippen LogP contribution in [-0.4, -0.2) is 11.8 Å². The molecule has 4 nitrogen and oxygen atoms in total. The number of halogens is 3. The lowest BCUT2D eigenvalue weighted by molar-refractivity contribution is -0.137. The zero-order valence-electron chi connectivity index (χ0n) is 14.7. The Bertz CT molecular complexity index is 856. The molecule has 2 N–H and O–H groups in total. The molecule has 1 aliphatic rings. The number of rotatable bonds is 5. The molecule has 0 atom stereocenters. The Morgan fingerprint density at radius 3 is 2.07 bits per heavy atom. The lowest BCUT2D eigenvalue weighted by Gasteiger charge is -2.16. The van der Waals surface area contributed by atoms with Crippen molar-refractivity contribution >= 4 is 23.2 Å². The molecule has 1 aliphatic carbocycles. The van der Waals surface area contributed by atoms with Crippen molar-refractivity contribution in [2.24, 2.45) is 5.41 Å². The van der Waals surface area contributed by atoms with Gasteiger partial charge in [0.15, 0.2) is 0 Å². The van der Waals surface area contributed by atoms with E-state index in [1.54, 1.807) is 12.1 Å². The third-order valence-corrected chi connectivity index (χ3v) is 4.69. The number of carbonyl (C=O) groups is 2. The molecule has 2 aromatic carbocycles. The summed E-state index contributed by atoms with van der Waals surface area (Å²) in [5.41, 5.74) is -0.379. The van der Waals surface area contributed by atoms with Crippen molar-refractivity contribution in [3.8, 4) is 0 Å². The molecule has 0 bridgehead atoms. The fourth-order valence-electron chi connectivity index (χ4n) is 2.78. The van der Waals surface area contributed by atoms with Crippen molar-refractivity contribution < 1.29 is 22.8 Å². The van der Waals surface area contributed by atoms with Crippen LogP contribution < -0.4 is 10.6 Å². The quantitative estimate of drug-likeness (QED) is 0.748. The van der Waals surface area contributed by atoms with E-state index in [0.717, 1.165) is 24.1 Å². The second-order valence-electron chi connectivity index (χ2n) is 6.62. The summed E-state index contributed by atoms with van der Waals surface area (Å²) >= 11 is 0. The van der Waals surface area contributed by atoms with Crippen molar-refractivity contribution in [2.45, 2.75) is 32.4 Å². The molecule has 0 radical (unpaired) electrons. The van der Waals surface area contributed by atoms with Crippen molar-refractivity contribution in [1.82, 2.24) is 0 Å². The van der Waals surface area contributed by atoms with Crippen LogP contribution in [-0.2, 0) is 22.2 Å². The number of hydrogen-bond donors (Lipinski definition) is 2. The molecule has 0 saturated heterocycles. The molecule has 27 heavy (non-hydrogen) atoms. The van der Waals surface area contributed by atoms with Gasteiger partial charge in [-0.2, -0.15) is 13.2 Å². The van der Waals surface area contributed by atoms with Gasteiger partial charge in [-0.3, -0.25) is 9.59 Å². The first-order valence-electron chi connectivity index (χ1n) is 8.64. The summed E-state index contributed by atoms with van der Waals surface area (Å²) in [6.07, 6.45) is -2.91. The summed E-state index contributed by atoms with van der Waals surface area (Å²) in [4.78, 5) is 25.1. The first-order chi connectivity index (χ1) is 12.7. The van der Waals surface area contributed by atoms with Crippen LogP contribution in [0.25, 0.3) is 0 Å². The Hall–Kier alpha value is -2.83. The first-order valence-corrected chi connectivity index (χ1v) is 8.64. The minimum atomic E-state index is -4.50. The number of carbonyl (C=O) groups excluding carboxylic acids is 2. The van der Waals surface area contributed by atoms with Gasteiger partial charge in [-0.05, 0) is 55.2 Å². The van der Waals surface area contributed by atoms with E-state index in [-0.39, 0.29) is 5.69 Å². The standard InChI is InChI=1S/C20H19F3N2O2/c1-2-13-6-8-15(9-7-13)24-17(26)19(10-11-19)18(27)25-16-5-3-4-14(12-16)20(21,22)23/h3-9,12H,2,10-11H2,1H3,(H,24,26)(H,25,27). The SMILES string of the molecule is CCc1ccc(NC(=O)C2(C(=O)Nc3cccc(C(F)(F)F)c3)CC2)cc1. The van der Waals surface area contributed by atoms with Crippen LogP contribution in [0.15, 0.2) is 48.5 Å². The highest BCUT2D eigenvalue weighted by atomic mass is 19.4. The van der Waals surface area contributed by atoms with Gasteiger partial charge in [-0.15, -0.1) is 0 Å². The molecule has 142 valence electrons. The van der Waals surface area contributed by atoms with Crippen molar-refractivity contribution in [3.05, 3.63) is 59.7 Å². The second-order valence-corrected chi connectivity index (χ2v) is 6.62. The number of hydrogen-bond acceptors (Lipinski definition) is 2. The van der Waals surface area contributed by atoms with Crippen LogP contribution in [0, 0.1) is 5.41 Å². The van der Waals surface area contributed by atoms with E-state index >= 15 is 0 Å². The average molecular weight is 376 g/mol. The van der Waals surface area contributed by atoms with Gasteiger partial charge in [-0.1, -0.05) is 25.1 Å². The van der Waals surface area contributed by atoms with E-state index in [0.29, 0.717) is 18.5 Å². The fourth-order valence-corrected chi connectivity index (χ4v) is 2.78. The highest BCUT2D eigenvalue weighted by Crippen LogP contribution is 2.47. The maximum absolute atomic E-state index is 12.8. The second kappa shape index (κ2) is 7.06. The Morgan fingerprint density at radius 2 is 1.56 bits per heavy atom. The fraction of sp³-hybridized carbons (Fsp3) is 0.300. The van der Waals surface area contributed by atoms with E-state index in [2.05, 4.69) is 10.6 Å². The van der Waals surface area contributed by atoms with E-state index in [1.807, 2.05) is 19.1 Å². The van der Waals surface area contributed by atoms with Gasteiger partial charge in [0.2, 0.25) is 11.8 Å². The number of alkyl halides is 3. The van der Waals surface area contributed by atoms with E-state index in [9.17, 15) is 22.8 Å². The van der Waals surface area contributed by atoms with Crippen molar-refractivity contribution in [2.75, 3.05) is 10.6 Å². The van der Waals surface area contributed by atoms with Gasteiger partial charge in [0.25, 0.3) is 0 Å². The molecular formula is C20H19F3N2O2. The minimum absolute atomic E-state index is 0.0150. The normalized spacial score (nSPS) is 15.1. The van der Waals surface area contributed by atoms with Gasteiger partial charge in [0, 0.05) is 11.4 Å². The van der Waals surface area contributed by atoms with Crippen LogP contribution in [0.5, 0.6) is 0 Å². The number of aryl methyl sites for hydroxylation is 1. The molecule has 0 unspecified atom stereocenters. The molecular weight excluding hydrogens is 357 g/mol.